The average Bonchev–Trinajstić information content (AvgIpc) is 3.08. The summed E-state index contributed by atoms with van der Waals surface area (Å²) in [6, 6.07) is 11.4. The molecule has 2 aromatic carbocycles. The zero-order chi connectivity index (χ0) is 23.9. The number of rotatable bonds is 6. The van der Waals surface area contributed by atoms with Gasteiger partial charge in [-0.15, -0.1) is 0 Å². The molecule has 0 radical (unpaired) electrons. The van der Waals surface area contributed by atoms with Crippen LogP contribution in [0.4, 0.5) is 0 Å². The number of hydrogen-bond acceptors (Lipinski definition) is 5. The summed E-state index contributed by atoms with van der Waals surface area (Å²) in [5.74, 6) is 0.775. The molecule has 0 N–H and O–H groups in total. The van der Waals surface area contributed by atoms with Crippen molar-refractivity contribution in [2.45, 2.75) is 34.2 Å². The van der Waals surface area contributed by atoms with Gasteiger partial charge >= 0.3 is 0 Å². The normalized spacial score (nSPS) is 11.1. The summed E-state index contributed by atoms with van der Waals surface area (Å²) in [7, 11) is 3.03. The van der Waals surface area contributed by atoms with Crippen LogP contribution in [0, 0.1) is 27.7 Å². The summed E-state index contributed by atoms with van der Waals surface area (Å²) in [6.07, 6.45) is 1.40. The monoisotopic (exact) mass is 445 g/mol. The highest BCUT2D eigenvalue weighted by Crippen LogP contribution is 2.30. The van der Waals surface area contributed by atoms with Gasteiger partial charge in [-0.2, -0.15) is 0 Å². The van der Waals surface area contributed by atoms with Gasteiger partial charge in [-0.25, -0.2) is 4.98 Å². The van der Waals surface area contributed by atoms with E-state index in [4.69, 9.17) is 9.47 Å². The van der Waals surface area contributed by atoms with Crippen molar-refractivity contribution >= 4 is 16.7 Å². The van der Waals surface area contributed by atoms with E-state index in [0.717, 1.165) is 28.2 Å². The number of Topliss-reactive ketones (excluding diaryl/α,β-unsaturated/α-hetero) is 1. The molecule has 0 bridgehead atoms. The second-order valence-corrected chi connectivity index (χ2v) is 8.29. The van der Waals surface area contributed by atoms with E-state index in [1.165, 1.54) is 25.1 Å². The van der Waals surface area contributed by atoms with Crippen molar-refractivity contribution in [1.29, 1.82) is 0 Å². The average molecular weight is 446 g/mol. The lowest BCUT2D eigenvalue weighted by molar-refractivity contribution is 0.0970. The third kappa shape index (κ3) is 4.02. The lowest BCUT2D eigenvalue weighted by Crippen LogP contribution is -2.25. The summed E-state index contributed by atoms with van der Waals surface area (Å²) >= 11 is 0. The van der Waals surface area contributed by atoms with Crippen molar-refractivity contribution in [3.8, 4) is 17.2 Å². The number of hydrogen-bond donors (Lipinski definition) is 0. The molecule has 33 heavy (non-hydrogen) atoms. The molecule has 0 saturated carbocycles. The largest absolute Gasteiger partial charge is 0.493 e. The van der Waals surface area contributed by atoms with Crippen molar-refractivity contribution < 1.29 is 14.3 Å². The molecular weight excluding hydrogens is 418 g/mol. The number of fused-ring (bicyclic) bond motifs is 1. The topological polar surface area (TPSA) is 75.4 Å². The number of aromatic nitrogens is 3. The first-order valence-electron chi connectivity index (χ1n) is 10.7. The molecule has 0 fully saturated rings. The zero-order valence-electron chi connectivity index (χ0n) is 19.7. The van der Waals surface area contributed by atoms with E-state index >= 15 is 0 Å². The van der Waals surface area contributed by atoms with Gasteiger partial charge in [-0.1, -0.05) is 6.07 Å². The predicted octanol–water partition coefficient (Wildman–Crippen LogP) is 4.32. The molecule has 7 nitrogen and oxygen atoms in total. The number of carbonyl (C=O) groups is 1. The van der Waals surface area contributed by atoms with Crippen molar-refractivity contribution in [1.82, 2.24) is 14.1 Å². The lowest BCUT2D eigenvalue weighted by Gasteiger charge is -2.12. The number of benzene rings is 2. The van der Waals surface area contributed by atoms with Gasteiger partial charge in [0.15, 0.2) is 17.3 Å². The van der Waals surface area contributed by atoms with Gasteiger partial charge in [-0.3, -0.25) is 14.2 Å². The van der Waals surface area contributed by atoms with Gasteiger partial charge in [0.2, 0.25) is 0 Å². The molecule has 0 amide bonds. The van der Waals surface area contributed by atoms with Crippen LogP contribution in [0.25, 0.3) is 16.6 Å². The molecule has 0 aliphatic rings. The maximum absolute atomic E-state index is 13.2. The Bertz CT molecular complexity index is 1430. The van der Waals surface area contributed by atoms with Crippen molar-refractivity contribution in [3.05, 3.63) is 81.2 Å². The Labute approximate surface area is 192 Å². The second kappa shape index (κ2) is 8.58. The minimum atomic E-state index is -0.308. The van der Waals surface area contributed by atoms with E-state index in [0.29, 0.717) is 28.0 Å². The smallest absolute Gasteiger partial charge is 0.261 e. The zero-order valence-corrected chi connectivity index (χ0v) is 19.7. The Kier molecular flexibility index (Phi) is 5.80. The molecule has 0 unspecified atom stereocenters. The Hall–Kier alpha value is -3.87. The van der Waals surface area contributed by atoms with Crippen LogP contribution in [-0.2, 0) is 6.54 Å². The number of methoxy groups -OCH3 is 2. The number of ketones is 1. The van der Waals surface area contributed by atoms with Crippen LogP contribution >= 0.6 is 0 Å². The van der Waals surface area contributed by atoms with Gasteiger partial charge < -0.3 is 14.0 Å². The van der Waals surface area contributed by atoms with Gasteiger partial charge in [0.05, 0.1) is 38.0 Å². The molecule has 0 atom stereocenters. The fraction of sp³-hybridized carbons (Fsp3) is 0.269. The molecule has 0 aliphatic carbocycles. The first-order valence-corrected chi connectivity index (χ1v) is 10.7. The summed E-state index contributed by atoms with van der Waals surface area (Å²) < 4.78 is 14.0. The molecule has 7 heteroatoms. The summed E-state index contributed by atoms with van der Waals surface area (Å²) in [5, 5.41) is 0.364. The molecule has 170 valence electrons. The molecule has 0 spiro atoms. The highest BCUT2D eigenvalue weighted by molar-refractivity contribution is 5.97. The highest BCUT2D eigenvalue weighted by atomic mass is 16.5. The van der Waals surface area contributed by atoms with E-state index < -0.39 is 0 Å². The maximum Gasteiger partial charge on any atom is 0.261 e. The van der Waals surface area contributed by atoms with Gasteiger partial charge in [0, 0.05) is 28.7 Å². The lowest BCUT2D eigenvalue weighted by atomic mass is 10.1. The number of nitrogens with zero attached hydrogens (tertiary/aromatic N) is 3. The van der Waals surface area contributed by atoms with E-state index in [1.54, 1.807) is 12.1 Å². The Morgan fingerprint density at radius 2 is 1.55 bits per heavy atom. The van der Waals surface area contributed by atoms with Crippen molar-refractivity contribution in [2.24, 2.45) is 0 Å². The third-order valence-electron chi connectivity index (χ3n) is 5.84. The van der Waals surface area contributed by atoms with Gasteiger partial charge in [-0.05, 0) is 63.1 Å². The van der Waals surface area contributed by atoms with Crippen LogP contribution in [0.3, 0.4) is 0 Å². The molecule has 4 rings (SSSR count). The van der Waals surface area contributed by atoms with Crippen molar-refractivity contribution in [2.75, 3.05) is 14.2 Å². The predicted molar refractivity (Wildman–Crippen MR) is 128 cm³/mol. The summed E-state index contributed by atoms with van der Waals surface area (Å²) in [6.45, 7) is 7.91. The molecule has 2 aromatic heterocycles. The highest BCUT2D eigenvalue weighted by Gasteiger charge is 2.19. The minimum Gasteiger partial charge on any atom is -0.493 e. The van der Waals surface area contributed by atoms with Crippen LogP contribution < -0.4 is 15.0 Å². The molecule has 2 heterocycles. The van der Waals surface area contributed by atoms with Crippen LogP contribution in [0.15, 0.2) is 47.5 Å². The number of carbonyl (C=O) groups excluding carboxylic acids is 1. The van der Waals surface area contributed by atoms with E-state index in [1.807, 2.05) is 19.9 Å². The Morgan fingerprint density at radius 1 is 0.909 bits per heavy atom. The van der Waals surface area contributed by atoms with Crippen LogP contribution in [-0.4, -0.2) is 34.1 Å². The summed E-state index contributed by atoms with van der Waals surface area (Å²) in [4.78, 5) is 30.7. The Morgan fingerprint density at radius 3 is 2.18 bits per heavy atom. The number of ether oxygens (including phenoxy) is 2. The van der Waals surface area contributed by atoms with Gasteiger partial charge in [0.1, 0.15) is 0 Å². The number of aryl methyl sites for hydroxylation is 3. The molecule has 4 aromatic rings. The van der Waals surface area contributed by atoms with E-state index in [9.17, 15) is 9.59 Å². The molecule has 0 saturated heterocycles. The SMILES string of the molecule is COc1cc2ncn(CC(=O)c3cc(C)n(-c4cc(C)cc(C)c4)c3C)c(=O)c2cc1OC. The fourth-order valence-corrected chi connectivity index (χ4v) is 4.36. The first-order chi connectivity index (χ1) is 15.7. The maximum atomic E-state index is 13.2. The quantitative estimate of drug-likeness (QED) is 0.413. The Balaban J connectivity index is 1.72. The third-order valence-corrected chi connectivity index (χ3v) is 5.84. The fourth-order valence-electron chi connectivity index (χ4n) is 4.36. The van der Waals surface area contributed by atoms with Gasteiger partial charge in [0.25, 0.3) is 5.56 Å². The van der Waals surface area contributed by atoms with Crippen LogP contribution in [0.5, 0.6) is 11.5 Å². The minimum absolute atomic E-state index is 0.104. The molecule has 0 aliphatic heterocycles. The van der Waals surface area contributed by atoms with Crippen LogP contribution in [0.2, 0.25) is 0 Å². The van der Waals surface area contributed by atoms with Crippen molar-refractivity contribution in [3.63, 3.8) is 0 Å². The molecular formula is C26H27N3O4. The van der Waals surface area contributed by atoms with E-state index in [2.05, 4.69) is 41.6 Å². The van der Waals surface area contributed by atoms with E-state index in [-0.39, 0.29) is 17.9 Å². The standard InChI is InChI=1S/C26H27N3O4/c1-15-7-16(2)9-19(8-15)29-17(3)10-20(18(29)4)23(30)13-28-14-27-22-12-25(33-6)24(32-5)11-21(22)26(28)31/h7-12,14H,13H2,1-6H3. The summed E-state index contributed by atoms with van der Waals surface area (Å²) in [5.41, 5.74) is 5.90. The van der Waals surface area contributed by atoms with Crippen LogP contribution in [0.1, 0.15) is 32.9 Å². The first kappa shape index (κ1) is 22.3. The second-order valence-electron chi connectivity index (χ2n) is 8.29.